The molecule has 2 N–H and O–H groups in total. The molecule has 5 heteroatoms. The molecular weight excluding hydrogens is 338 g/mol. The second kappa shape index (κ2) is 10.0. The lowest BCUT2D eigenvalue weighted by atomic mass is 10.1. The van der Waals surface area contributed by atoms with Crippen LogP contribution in [0.3, 0.4) is 0 Å². The Morgan fingerprint density at radius 3 is 2.26 bits per heavy atom. The summed E-state index contributed by atoms with van der Waals surface area (Å²) in [6.07, 6.45) is 4.11. The van der Waals surface area contributed by atoms with E-state index in [1.807, 2.05) is 12.1 Å². The summed E-state index contributed by atoms with van der Waals surface area (Å²) in [6, 6.07) is 18.9. The van der Waals surface area contributed by atoms with Crippen molar-refractivity contribution in [3.8, 4) is 0 Å². The maximum absolute atomic E-state index is 11.0. The van der Waals surface area contributed by atoms with Crippen molar-refractivity contribution >= 4 is 12.0 Å². The molecule has 1 amide bonds. The minimum atomic E-state index is -0.524. The van der Waals surface area contributed by atoms with Crippen molar-refractivity contribution in [1.29, 1.82) is 0 Å². The molecule has 3 rings (SSSR count). The number of rotatable bonds is 7. The zero-order valence-corrected chi connectivity index (χ0v) is 15.6. The third-order valence-electron chi connectivity index (χ3n) is 4.95. The molecule has 0 bridgehead atoms. The number of benzene rings is 2. The second-order valence-corrected chi connectivity index (χ2v) is 6.90. The Hall–Kier alpha value is -2.47. The Bertz CT molecular complexity index is 736. The molecule has 0 radical (unpaired) electrons. The Kier molecular flexibility index (Phi) is 7.16. The van der Waals surface area contributed by atoms with Gasteiger partial charge < -0.3 is 4.90 Å². The van der Waals surface area contributed by atoms with Crippen molar-refractivity contribution in [2.45, 2.75) is 13.0 Å². The van der Waals surface area contributed by atoms with E-state index in [9.17, 15) is 4.79 Å². The van der Waals surface area contributed by atoms with E-state index in [0.29, 0.717) is 0 Å². The van der Waals surface area contributed by atoms with Crippen LogP contribution < -0.4 is 5.48 Å². The fourth-order valence-corrected chi connectivity index (χ4v) is 3.30. The van der Waals surface area contributed by atoms with Crippen molar-refractivity contribution in [2.24, 2.45) is 0 Å². The van der Waals surface area contributed by atoms with Crippen LogP contribution in [0, 0.1) is 0 Å². The highest BCUT2D eigenvalue weighted by Gasteiger charge is 2.16. The van der Waals surface area contributed by atoms with Gasteiger partial charge in [-0.05, 0) is 29.2 Å². The fourth-order valence-electron chi connectivity index (χ4n) is 3.30. The lowest BCUT2D eigenvalue weighted by Gasteiger charge is -2.34. The van der Waals surface area contributed by atoms with Crippen LogP contribution >= 0.6 is 0 Å². The third kappa shape index (κ3) is 6.32. The molecule has 0 aliphatic carbocycles. The van der Waals surface area contributed by atoms with Gasteiger partial charge in [-0.1, -0.05) is 54.6 Å². The molecule has 27 heavy (non-hydrogen) atoms. The van der Waals surface area contributed by atoms with Crippen molar-refractivity contribution in [1.82, 2.24) is 15.3 Å². The van der Waals surface area contributed by atoms with Crippen molar-refractivity contribution in [2.75, 3.05) is 32.7 Å². The van der Waals surface area contributed by atoms with Gasteiger partial charge in [-0.3, -0.25) is 14.9 Å². The number of nitrogens with zero attached hydrogens (tertiary/aromatic N) is 2. The van der Waals surface area contributed by atoms with Gasteiger partial charge >= 0.3 is 0 Å². The smallest absolute Gasteiger partial charge is 0.267 e. The molecule has 1 saturated heterocycles. The van der Waals surface area contributed by atoms with Gasteiger partial charge in [-0.25, -0.2) is 5.48 Å². The van der Waals surface area contributed by atoms with E-state index in [0.717, 1.165) is 51.3 Å². The number of carbonyl (C=O) groups excluding carboxylic acids is 1. The van der Waals surface area contributed by atoms with Crippen molar-refractivity contribution < 1.29 is 10.0 Å². The first kappa shape index (κ1) is 19.3. The van der Waals surface area contributed by atoms with E-state index in [-0.39, 0.29) is 0 Å². The Balaban J connectivity index is 1.41. The van der Waals surface area contributed by atoms with Gasteiger partial charge in [-0.15, -0.1) is 0 Å². The van der Waals surface area contributed by atoms with Gasteiger partial charge in [-0.2, -0.15) is 0 Å². The minimum absolute atomic E-state index is 0.524. The molecule has 0 saturated carbocycles. The molecule has 5 nitrogen and oxygen atoms in total. The molecule has 0 aromatic heterocycles. The fraction of sp³-hybridized carbons (Fsp3) is 0.318. The Morgan fingerprint density at radius 1 is 0.926 bits per heavy atom. The molecule has 2 aromatic carbocycles. The molecule has 2 aromatic rings. The van der Waals surface area contributed by atoms with Gasteiger partial charge in [0.15, 0.2) is 0 Å². The van der Waals surface area contributed by atoms with Crippen molar-refractivity contribution in [3.63, 3.8) is 0 Å². The Labute approximate surface area is 160 Å². The highest BCUT2D eigenvalue weighted by molar-refractivity contribution is 5.90. The highest BCUT2D eigenvalue weighted by Crippen LogP contribution is 2.12. The summed E-state index contributed by atoms with van der Waals surface area (Å²) in [7, 11) is 0. The summed E-state index contributed by atoms with van der Waals surface area (Å²) >= 11 is 0. The van der Waals surface area contributed by atoms with E-state index in [1.165, 1.54) is 17.2 Å². The van der Waals surface area contributed by atoms with E-state index in [4.69, 9.17) is 5.21 Å². The lowest BCUT2D eigenvalue weighted by molar-refractivity contribution is -0.124. The molecule has 1 aliphatic heterocycles. The molecule has 0 unspecified atom stereocenters. The highest BCUT2D eigenvalue weighted by atomic mass is 16.5. The number of carbonyl (C=O) groups is 1. The number of nitrogens with one attached hydrogen (secondary N) is 1. The normalized spacial score (nSPS) is 15.9. The average molecular weight is 365 g/mol. The van der Waals surface area contributed by atoms with Crippen LogP contribution in [0.5, 0.6) is 0 Å². The molecule has 1 heterocycles. The predicted molar refractivity (Wildman–Crippen MR) is 107 cm³/mol. The topological polar surface area (TPSA) is 55.8 Å². The van der Waals surface area contributed by atoms with Crippen LogP contribution in [0.25, 0.3) is 6.08 Å². The largest absolute Gasteiger partial charge is 0.300 e. The van der Waals surface area contributed by atoms with Crippen LogP contribution in [0.2, 0.25) is 0 Å². The van der Waals surface area contributed by atoms with Gasteiger partial charge in [0.1, 0.15) is 0 Å². The van der Waals surface area contributed by atoms with Crippen LogP contribution in [0.15, 0.2) is 60.7 Å². The van der Waals surface area contributed by atoms with Crippen LogP contribution in [0.4, 0.5) is 0 Å². The lowest BCUT2D eigenvalue weighted by Crippen LogP contribution is -2.46. The first-order valence-electron chi connectivity index (χ1n) is 9.42. The summed E-state index contributed by atoms with van der Waals surface area (Å²) in [5, 5.41) is 8.49. The van der Waals surface area contributed by atoms with E-state index in [1.54, 1.807) is 11.6 Å². The van der Waals surface area contributed by atoms with E-state index < -0.39 is 5.91 Å². The summed E-state index contributed by atoms with van der Waals surface area (Å²) < 4.78 is 0. The predicted octanol–water partition coefficient (Wildman–Crippen LogP) is 2.57. The number of hydrogen-bond acceptors (Lipinski definition) is 4. The molecule has 0 atom stereocenters. The molecular formula is C22H27N3O2. The second-order valence-electron chi connectivity index (χ2n) is 6.90. The maximum Gasteiger partial charge on any atom is 0.267 e. The molecule has 142 valence electrons. The van der Waals surface area contributed by atoms with E-state index in [2.05, 4.69) is 52.3 Å². The average Bonchev–Trinajstić information content (AvgIpc) is 2.73. The van der Waals surface area contributed by atoms with Gasteiger partial charge in [0.25, 0.3) is 5.91 Å². The SMILES string of the molecule is O=C(C=Cc1ccc(CN2CCN(CCc3ccccc3)CC2)cc1)NO. The summed E-state index contributed by atoms with van der Waals surface area (Å²) in [5.74, 6) is -0.524. The summed E-state index contributed by atoms with van der Waals surface area (Å²) in [5.41, 5.74) is 5.21. The summed E-state index contributed by atoms with van der Waals surface area (Å²) in [4.78, 5) is 16.0. The van der Waals surface area contributed by atoms with Gasteiger partial charge in [0.05, 0.1) is 0 Å². The van der Waals surface area contributed by atoms with Gasteiger partial charge in [0, 0.05) is 45.3 Å². The zero-order valence-electron chi connectivity index (χ0n) is 15.6. The molecule has 1 fully saturated rings. The van der Waals surface area contributed by atoms with Crippen molar-refractivity contribution in [3.05, 3.63) is 77.4 Å². The quantitative estimate of drug-likeness (QED) is 0.450. The molecule has 0 spiro atoms. The standard InChI is InChI=1S/C22H27N3O2/c26-22(23-27)11-10-20-6-8-21(9-7-20)18-25-16-14-24(15-17-25)13-12-19-4-2-1-3-5-19/h1-11,27H,12-18H2,(H,23,26). The number of hydroxylamine groups is 1. The Morgan fingerprint density at radius 2 is 1.59 bits per heavy atom. The number of piperazine rings is 1. The number of amides is 1. The summed E-state index contributed by atoms with van der Waals surface area (Å²) in [6.45, 7) is 6.49. The minimum Gasteiger partial charge on any atom is -0.300 e. The van der Waals surface area contributed by atoms with Crippen LogP contribution in [0.1, 0.15) is 16.7 Å². The third-order valence-corrected chi connectivity index (χ3v) is 4.95. The number of hydrogen-bond donors (Lipinski definition) is 2. The monoisotopic (exact) mass is 365 g/mol. The van der Waals surface area contributed by atoms with E-state index >= 15 is 0 Å². The first-order chi connectivity index (χ1) is 13.2. The van der Waals surface area contributed by atoms with Gasteiger partial charge in [0.2, 0.25) is 0 Å². The van der Waals surface area contributed by atoms with Crippen LogP contribution in [-0.2, 0) is 17.8 Å². The zero-order chi connectivity index (χ0) is 18.9. The first-order valence-corrected chi connectivity index (χ1v) is 9.42. The van der Waals surface area contributed by atoms with Crippen LogP contribution in [-0.4, -0.2) is 53.6 Å². The maximum atomic E-state index is 11.0. The molecule has 1 aliphatic rings.